The van der Waals surface area contributed by atoms with Crippen molar-refractivity contribution in [2.45, 2.75) is 32.2 Å². The van der Waals surface area contributed by atoms with Crippen molar-refractivity contribution in [2.75, 3.05) is 19.8 Å². The van der Waals surface area contributed by atoms with Gasteiger partial charge in [-0.2, -0.15) is 0 Å². The Morgan fingerprint density at radius 1 is 1.29 bits per heavy atom. The number of para-hydroxylation sites is 2. The SMILES string of the molecule is Cn1c(=O)n(CCC(=O)NCCCOCC2CC2)c2ccccc21. The minimum Gasteiger partial charge on any atom is -0.381 e. The zero-order valence-corrected chi connectivity index (χ0v) is 14.2. The minimum atomic E-state index is -0.0857. The van der Waals surface area contributed by atoms with Crippen LogP contribution < -0.4 is 11.0 Å². The molecule has 0 unspecified atom stereocenters. The van der Waals surface area contributed by atoms with Gasteiger partial charge in [0.05, 0.1) is 11.0 Å². The number of rotatable bonds is 9. The first-order valence-corrected chi connectivity index (χ1v) is 8.65. The molecule has 1 aliphatic rings. The van der Waals surface area contributed by atoms with E-state index in [2.05, 4.69) is 5.32 Å². The second-order valence-electron chi connectivity index (χ2n) is 6.45. The van der Waals surface area contributed by atoms with Gasteiger partial charge >= 0.3 is 5.69 Å². The highest BCUT2D eigenvalue weighted by Gasteiger charge is 2.20. The van der Waals surface area contributed by atoms with Gasteiger partial charge in [-0.3, -0.25) is 13.9 Å². The maximum absolute atomic E-state index is 12.3. The molecule has 0 spiro atoms. The molecule has 0 radical (unpaired) electrons. The van der Waals surface area contributed by atoms with Crippen LogP contribution >= 0.6 is 0 Å². The van der Waals surface area contributed by atoms with Crippen LogP contribution in [0.5, 0.6) is 0 Å². The molecule has 1 aromatic carbocycles. The summed E-state index contributed by atoms with van der Waals surface area (Å²) in [6.07, 6.45) is 3.72. The van der Waals surface area contributed by atoms with Gasteiger partial charge in [0.15, 0.2) is 0 Å². The molecule has 1 saturated carbocycles. The van der Waals surface area contributed by atoms with Crippen LogP contribution in [0.25, 0.3) is 11.0 Å². The van der Waals surface area contributed by atoms with Crippen LogP contribution in [0.1, 0.15) is 25.7 Å². The summed E-state index contributed by atoms with van der Waals surface area (Å²) >= 11 is 0. The normalized spacial score (nSPS) is 14.2. The van der Waals surface area contributed by atoms with Crippen molar-refractivity contribution in [1.29, 1.82) is 0 Å². The predicted octanol–water partition coefficient (Wildman–Crippen LogP) is 1.66. The van der Waals surface area contributed by atoms with E-state index in [9.17, 15) is 9.59 Å². The number of ether oxygens (including phenoxy) is 1. The molecule has 130 valence electrons. The molecule has 1 heterocycles. The number of carbonyl (C=O) groups excluding carboxylic acids is 1. The molecule has 2 aromatic rings. The molecular formula is C18H25N3O3. The third kappa shape index (κ3) is 4.06. The van der Waals surface area contributed by atoms with E-state index in [4.69, 9.17) is 4.74 Å². The number of aryl methyl sites for hydroxylation is 2. The second kappa shape index (κ2) is 7.66. The average Bonchev–Trinajstić information content (AvgIpc) is 3.38. The summed E-state index contributed by atoms with van der Waals surface area (Å²) in [4.78, 5) is 24.2. The van der Waals surface area contributed by atoms with E-state index in [-0.39, 0.29) is 11.6 Å². The van der Waals surface area contributed by atoms with Gasteiger partial charge in [-0.25, -0.2) is 4.79 Å². The van der Waals surface area contributed by atoms with Gasteiger partial charge in [0.25, 0.3) is 0 Å². The first-order valence-electron chi connectivity index (χ1n) is 8.65. The van der Waals surface area contributed by atoms with E-state index in [1.165, 1.54) is 12.8 Å². The summed E-state index contributed by atoms with van der Waals surface area (Å²) in [6.45, 7) is 2.57. The summed E-state index contributed by atoms with van der Waals surface area (Å²) in [5, 5.41) is 2.89. The third-order valence-electron chi connectivity index (χ3n) is 4.45. The van der Waals surface area contributed by atoms with E-state index >= 15 is 0 Å². The molecule has 1 aliphatic carbocycles. The summed E-state index contributed by atoms with van der Waals surface area (Å²) in [6, 6.07) is 7.63. The zero-order chi connectivity index (χ0) is 16.9. The number of benzene rings is 1. The van der Waals surface area contributed by atoms with E-state index in [1.807, 2.05) is 24.3 Å². The molecule has 0 atom stereocenters. The number of nitrogens with one attached hydrogen (secondary N) is 1. The summed E-state index contributed by atoms with van der Waals surface area (Å²) in [5.41, 5.74) is 1.67. The van der Waals surface area contributed by atoms with E-state index in [0.29, 0.717) is 26.1 Å². The molecular weight excluding hydrogens is 306 g/mol. The van der Waals surface area contributed by atoms with Gasteiger partial charge in [-0.05, 0) is 37.3 Å². The Balaban J connectivity index is 1.43. The van der Waals surface area contributed by atoms with Crippen LogP contribution in [-0.4, -0.2) is 34.8 Å². The number of hydrogen-bond donors (Lipinski definition) is 1. The van der Waals surface area contributed by atoms with Crippen molar-refractivity contribution in [3.63, 3.8) is 0 Å². The molecule has 0 bridgehead atoms. The average molecular weight is 331 g/mol. The lowest BCUT2D eigenvalue weighted by atomic mass is 10.3. The highest BCUT2D eigenvalue weighted by Crippen LogP contribution is 2.28. The molecule has 1 N–H and O–H groups in total. The molecule has 1 fully saturated rings. The molecule has 0 saturated heterocycles. The van der Waals surface area contributed by atoms with Gasteiger partial charge in [0, 0.05) is 39.8 Å². The van der Waals surface area contributed by atoms with E-state index in [1.54, 1.807) is 16.2 Å². The Morgan fingerprint density at radius 3 is 2.79 bits per heavy atom. The van der Waals surface area contributed by atoms with Gasteiger partial charge in [0.2, 0.25) is 5.91 Å². The van der Waals surface area contributed by atoms with Crippen LogP contribution in [0, 0.1) is 5.92 Å². The Labute approximate surface area is 141 Å². The first-order chi connectivity index (χ1) is 11.7. The van der Waals surface area contributed by atoms with Crippen LogP contribution in [0.3, 0.4) is 0 Å². The monoisotopic (exact) mass is 331 g/mol. The fraction of sp³-hybridized carbons (Fsp3) is 0.556. The number of hydrogen-bond acceptors (Lipinski definition) is 3. The van der Waals surface area contributed by atoms with Crippen LogP contribution in [-0.2, 0) is 23.1 Å². The van der Waals surface area contributed by atoms with E-state index in [0.717, 1.165) is 30.0 Å². The first kappa shape index (κ1) is 16.8. The molecule has 6 heteroatoms. The zero-order valence-electron chi connectivity index (χ0n) is 14.2. The lowest BCUT2D eigenvalue weighted by Crippen LogP contribution is -2.29. The Hall–Kier alpha value is -2.08. The standard InChI is InChI=1S/C18H25N3O3/c1-20-15-5-2-3-6-16(15)21(18(20)23)11-9-17(22)19-10-4-12-24-13-14-7-8-14/h2-3,5-6,14H,4,7-13H2,1H3,(H,19,22). The van der Waals surface area contributed by atoms with Crippen molar-refractivity contribution >= 4 is 16.9 Å². The number of fused-ring (bicyclic) bond motifs is 1. The fourth-order valence-corrected chi connectivity index (χ4v) is 2.82. The lowest BCUT2D eigenvalue weighted by molar-refractivity contribution is -0.121. The highest BCUT2D eigenvalue weighted by molar-refractivity contribution is 5.77. The summed E-state index contributed by atoms with van der Waals surface area (Å²) in [7, 11) is 1.75. The second-order valence-corrected chi connectivity index (χ2v) is 6.45. The summed E-state index contributed by atoms with van der Waals surface area (Å²) < 4.78 is 8.81. The number of amides is 1. The molecule has 1 aromatic heterocycles. The number of nitrogens with zero attached hydrogens (tertiary/aromatic N) is 2. The van der Waals surface area contributed by atoms with Crippen molar-refractivity contribution in [3.8, 4) is 0 Å². The highest BCUT2D eigenvalue weighted by atomic mass is 16.5. The Morgan fingerprint density at radius 2 is 2.04 bits per heavy atom. The van der Waals surface area contributed by atoms with Crippen molar-refractivity contribution in [3.05, 3.63) is 34.7 Å². The Kier molecular flexibility index (Phi) is 5.35. The topological polar surface area (TPSA) is 65.3 Å². The lowest BCUT2D eigenvalue weighted by Gasteiger charge is -2.07. The number of imidazole rings is 1. The molecule has 0 aliphatic heterocycles. The minimum absolute atomic E-state index is 0.0305. The van der Waals surface area contributed by atoms with Crippen LogP contribution in [0.15, 0.2) is 29.1 Å². The van der Waals surface area contributed by atoms with Crippen molar-refractivity contribution < 1.29 is 9.53 Å². The third-order valence-corrected chi connectivity index (χ3v) is 4.45. The van der Waals surface area contributed by atoms with E-state index < -0.39 is 0 Å². The molecule has 6 nitrogen and oxygen atoms in total. The predicted molar refractivity (Wildman–Crippen MR) is 93.0 cm³/mol. The molecule has 24 heavy (non-hydrogen) atoms. The van der Waals surface area contributed by atoms with Gasteiger partial charge in [0.1, 0.15) is 0 Å². The quantitative estimate of drug-likeness (QED) is 0.711. The van der Waals surface area contributed by atoms with Gasteiger partial charge in [-0.1, -0.05) is 12.1 Å². The van der Waals surface area contributed by atoms with Gasteiger partial charge in [-0.15, -0.1) is 0 Å². The maximum Gasteiger partial charge on any atom is 0.328 e. The smallest absolute Gasteiger partial charge is 0.328 e. The fourth-order valence-electron chi connectivity index (χ4n) is 2.82. The van der Waals surface area contributed by atoms with Crippen molar-refractivity contribution in [1.82, 2.24) is 14.5 Å². The number of carbonyl (C=O) groups is 1. The molecule has 1 amide bonds. The summed E-state index contributed by atoms with van der Waals surface area (Å²) in [5.74, 6) is 0.746. The van der Waals surface area contributed by atoms with Crippen LogP contribution in [0.2, 0.25) is 0 Å². The van der Waals surface area contributed by atoms with Crippen molar-refractivity contribution in [2.24, 2.45) is 13.0 Å². The maximum atomic E-state index is 12.3. The Bertz CT molecular complexity index is 758. The molecule has 3 rings (SSSR count). The van der Waals surface area contributed by atoms with Gasteiger partial charge < -0.3 is 10.1 Å². The largest absolute Gasteiger partial charge is 0.381 e. The van der Waals surface area contributed by atoms with Crippen LogP contribution in [0.4, 0.5) is 0 Å². The number of aromatic nitrogens is 2.